The largest absolute Gasteiger partial charge is 0.508 e. The Morgan fingerprint density at radius 3 is 2.73 bits per heavy atom. The van der Waals surface area contributed by atoms with E-state index in [0.29, 0.717) is 49.6 Å². The number of aromatic hydroxyl groups is 1. The van der Waals surface area contributed by atoms with E-state index in [1.54, 1.807) is 41.0 Å². The number of aromatic nitrogens is 1. The number of phenols is 1. The molecular weight excluding hydrogens is 422 g/mol. The zero-order valence-electron chi connectivity index (χ0n) is 19.2. The van der Waals surface area contributed by atoms with E-state index in [0.717, 1.165) is 5.56 Å². The van der Waals surface area contributed by atoms with E-state index in [4.69, 9.17) is 9.15 Å². The van der Waals surface area contributed by atoms with Crippen molar-refractivity contribution in [3.63, 3.8) is 0 Å². The first-order valence-corrected chi connectivity index (χ1v) is 11.0. The highest BCUT2D eigenvalue weighted by atomic mass is 16.5. The van der Waals surface area contributed by atoms with Gasteiger partial charge in [0.2, 0.25) is 0 Å². The molecule has 1 aliphatic rings. The monoisotopic (exact) mass is 451 g/mol. The molecule has 0 radical (unpaired) electrons. The van der Waals surface area contributed by atoms with Crippen LogP contribution in [-0.4, -0.2) is 52.6 Å². The Morgan fingerprint density at radius 1 is 1.21 bits per heavy atom. The summed E-state index contributed by atoms with van der Waals surface area (Å²) in [4.78, 5) is 30.3. The number of furan rings is 1. The van der Waals surface area contributed by atoms with Gasteiger partial charge in [-0.2, -0.15) is 0 Å². The molecule has 0 saturated heterocycles. The maximum atomic E-state index is 13.6. The molecule has 0 saturated carbocycles. The molecule has 0 unspecified atom stereocenters. The lowest BCUT2D eigenvalue weighted by Gasteiger charge is -2.26. The lowest BCUT2D eigenvalue weighted by Crippen LogP contribution is -2.34. The molecule has 2 aromatic heterocycles. The Balaban J connectivity index is 1.64. The quantitative estimate of drug-likeness (QED) is 0.620. The van der Waals surface area contributed by atoms with Crippen molar-refractivity contribution in [2.75, 3.05) is 27.2 Å². The number of carbonyl (C=O) groups excluding carboxylic acids is 1. The number of hydrogen-bond donors (Lipinski definition) is 1. The fourth-order valence-corrected chi connectivity index (χ4v) is 4.33. The van der Waals surface area contributed by atoms with E-state index < -0.39 is 0 Å². The van der Waals surface area contributed by atoms with Gasteiger partial charge in [-0.1, -0.05) is 12.1 Å². The molecule has 1 aromatic carbocycles. The van der Waals surface area contributed by atoms with Crippen LogP contribution in [0.3, 0.4) is 0 Å². The first kappa shape index (κ1) is 22.7. The maximum absolute atomic E-state index is 13.6. The summed E-state index contributed by atoms with van der Waals surface area (Å²) in [6.07, 6.45) is 2.11. The molecule has 33 heavy (non-hydrogen) atoms. The lowest BCUT2D eigenvalue weighted by molar-refractivity contribution is 0.0720. The zero-order valence-corrected chi connectivity index (χ0v) is 19.2. The van der Waals surface area contributed by atoms with Crippen LogP contribution in [0.5, 0.6) is 11.5 Å². The van der Waals surface area contributed by atoms with Crippen molar-refractivity contribution in [1.29, 1.82) is 0 Å². The molecule has 0 spiro atoms. The highest BCUT2D eigenvalue weighted by Crippen LogP contribution is 2.28. The van der Waals surface area contributed by atoms with E-state index in [-0.39, 0.29) is 29.0 Å². The summed E-state index contributed by atoms with van der Waals surface area (Å²) in [5, 5.41) is 9.77. The van der Waals surface area contributed by atoms with Gasteiger partial charge in [0.1, 0.15) is 22.8 Å². The molecule has 3 heterocycles. The second-order valence-electron chi connectivity index (χ2n) is 8.33. The van der Waals surface area contributed by atoms with Gasteiger partial charge >= 0.3 is 0 Å². The summed E-state index contributed by atoms with van der Waals surface area (Å²) >= 11 is 0. The highest BCUT2D eigenvalue weighted by Gasteiger charge is 2.29. The van der Waals surface area contributed by atoms with Crippen molar-refractivity contribution in [3.8, 4) is 11.5 Å². The average molecular weight is 452 g/mol. The van der Waals surface area contributed by atoms with Crippen molar-refractivity contribution in [1.82, 2.24) is 14.4 Å². The second kappa shape index (κ2) is 9.54. The summed E-state index contributed by atoms with van der Waals surface area (Å²) < 4.78 is 12.7. The smallest absolute Gasteiger partial charge is 0.259 e. The Bertz CT molecular complexity index is 1190. The van der Waals surface area contributed by atoms with Crippen LogP contribution in [0.25, 0.3) is 0 Å². The summed E-state index contributed by atoms with van der Waals surface area (Å²) in [7, 11) is 3.20. The van der Waals surface area contributed by atoms with Crippen molar-refractivity contribution >= 4 is 5.91 Å². The van der Waals surface area contributed by atoms with Crippen LogP contribution in [0.15, 0.2) is 57.9 Å². The third kappa shape index (κ3) is 4.66. The fraction of sp³-hybridized carbons (Fsp3) is 0.360. The molecule has 4 rings (SSSR count). The number of hydrogen-bond acceptors (Lipinski definition) is 6. The van der Waals surface area contributed by atoms with Gasteiger partial charge in [0.15, 0.2) is 0 Å². The minimum absolute atomic E-state index is 0.181. The molecule has 8 heteroatoms. The Hall–Kier alpha value is -3.52. The Morgan fingerprint density at radius 2 is 2.03 bits per heavy atom. The Kier molecular flexibility index (Phi) is 6.55. The number of fused-ring (bicyclic) bond motifs is 1. The topological polar surface area (TPSA) is 88.2 Å². The number of ether oxygens (including phenoxy) is 1. The van der Waals surface area contributed by atoms with Crippen molar-refractivity contribution in [3.05, 3.63) is 81.7 Å². The van der Waals surface area contributed by atoms with Crippen LogP contribution in [0, 0.1) is 0 Å². The highest BCUT2D eigenvalue weighted by molar-refractivity contribution is 5.98. The first-order chi connectivity index (χ1) is 15.9. The summed E-state index contributed by atoms with van der Waals surface area (Å²) in [5.41, 5.74) is 1.91. The number of benzene rings is 1. The van der Waals surface area contributed by atoms with Gasteiger partial charge in [-0.05, 0) is 36.8 Å². The number of nitrogens with zero attached hydrogens (tertiary/aromatic N) is 3. The van der Waals surface area contributed by atoms with Gasteiger partial charge in [-0.3, -0.25) is 14.5 Å². The minimum Gasteiger partial charge on any atom is -0.508 e. The van der Waals surface area contributed by atoms with E-state index in [1.807, 2.05) is 25.1 Å². The summed E-state index contributed by atoms with van der Waals surface area (Å²) in [6, 6.07) is 11.9. The van der Waals surface area contributed by atoms with Crippen LogP contribution >= 0.6 is 0 Å². The Labute approximate surface area is 192 Å². The molecule has 174 valence electrons. The second-order valence-corrected chi connectivity index (χ2v) is 8.33. The lowest BCUT2D eigenvalue weighted by atomic mass is 10.1. The van der Waals surface area contributed by atoms with Crippen LogP contribution in [0.4, 0.5) is 0 Å². The van der Waals surface area contributed by atoms with E-state index in [1.165, 1.54) is 13.2 Å². The molecule has 8 nitrogen and oxygen atoms in total. The van der Waals surface area contributed by atoms with Crippen molar-refractivity contribution in [2.45, 2.75) is 32.5 Å². The predicted molar refractivity (Wildman–Crippen MR) is 124 cm³/mol. The number of amides is 1. The molecule has 3 aromatic rings. The van der Waals surface area contributed by atoms with Gasteiger partial charge in [0.05, 0.1) is 19.4 Å². The molecule has 0 bridgehead atoms. The fourth-order valence-electron chi connectivity index (χ4n) is 4.33. The SMILES string of the molecule is COc1cc(=O)n2c(c1C(=O)N(C)[C@@H](C)c1ccco1)CCN(Cc1cccc(O)c1)CC2. The van der Waals surface area contributed by atoms with Crippen LogP contribution in [0.1, 0.15) is 40.3 Å². The molecule has 0 fully saturated rings. The van der Waals surface area contributed by atoms with E-state index in [2.05, 4.69) is 4.90 Å². The van der Waals surface area contributed by atoms with Crippen LogP contribution < -0.4 is 10.3 Å². The third-order valence-electron chi connectivity index (χ3n) is 6.29. The molecule has 1 atom stereocenters. The van der Waals surface area contributed by atoms with Crippen LogP contribution in [0.2, 0.25) is 0 Å². The van der Waals surface area contributed by atoms with Gasteiger partial charge in [-0.15, -0.1) is 0 Å². The van der Waals surface area contributed by atoms with Gasteiger partial charge in [0.25, 0.3) is 11.5 Å². The summed E-state index contributed by atoms with van der Waals surface area (Å²) in [6.45, 7) is 4.33. The van der Waals surface area contributed by atoms with Gasteiger partial charge in [0, 0.05) is 51.4 Å². The van der Waals surface area contributed by atoms with Crippen molar-refractivity contribution < 1.29 is 19.1 Å². The summed E-state index contributed by atoms with van der Waals surface area (Å²) in [5.74, 6) is 0.978. The van der Waals surface area contributed by atoms with Gasteiger partial charge < -0.3 is 23.7 Å². The van der Waals surface area contributed by atoms with Gasteiger partial charge in [-0.25, -0.2) is 0 Å². The number of carbonyl (C=O) groups is 1. The predicted octanol–water partition coefficient (Wildman–Crippen LogP) is 3.05. The number of pyridine rings is 1. The standard InChI is InChI=1S/C25H29N3O5/c1-17(21-8-5-13-33-21)26(2)25(31)24-20-9-10-27(16-18-6-4-7-19(29)14-18)11-12-28(20)23(30)15-22(24)32-3/h4-8,13-15,17,29H,9-12,16H2,1-3H3/t17-/m0/s1. The van der Waals surface area contributed by atoms with E-state index >= 15 is 0 Å². The normalized spacial score (nSPS) is 14.9. The average Bonchev–Trinajstić information content (AvgIpc) is 3.26. The number of phenolic OH excluding ortho intramolecular Hbond substituents is 1. The molecule has 1 amide bonds. The maximum Gasteiger partial charge on any atom is 0.259 e. The third-order valence-corrected chi connectivity index (χ3v) is 6.29. The molecule has 1 aliphatic heterocycles. The molecular formula is C25H29N3O5. The zero-order chi connectivity index (χ0) is 23.5. The van der Waals surface area contributed by atoms with E-state index in [9.17, 15) is 14.7 Å². The van der Waals surface area contributed by atoms with Crippen LogP contribution in [-0.2, 0) is 19.5 Å². The number of rotatable bonds is 6. The van der Waals surface area contributed by atoms with Crippen molar-refractivity contribution in [2.24, 2.45) is 0 Å². The first-order valence-electron chi connectivity index (χ1n) is 11.0. The molecule has 0 aliphatic carbocycles. The molecule has 1 N–H and O–H groups in total. The minimum atomic E-state index is -0.280. The number of methoxy groups -OCH3 is 1.